The molecule has 30 heavy (non-hydrogen) atoms. The molecule has 2 aromatic rings. The van der Waals surface area contributed by atoms with Crippen LogP contribution in [0.5, 0.6) is 5.75 Å². The summed E-state index contributed by atoms with van der Waals surface area (Å²) in [6.45, 7) is 2.35. The van der Waals surface area contributed by atoms with Crippen LogP contribution in [0.1, 0.15) is 43.4 Å². The van der Waals surface area contributed by atoms with E-state index in [1.165, 1.54) is 41.3 Å². The first kappa shape index (κ1) is 21.0. The van der Waals surface area contributed by atoms with E-state index in [9.17, 15) is 29.9 Å². The van der Waals surface area contributed by atoms with Gasteiger partial charge in [0.25, 0.3) is 17.4 Å². The number of hydrogen-bond acceptors (Lipinski definition) is 6. The van der Waals surface area contributed by atoms with E-state index in [1.807, 2.05) is 6.92 Å². The minimum Gasteiger partial charge on any atom is -0.508 e. The Hall–Kier alpha value is -3.68. The Labute approximate surface area is 173 Å². The van der Waals surface area contributed by atoms with Gasteiger partial charge in [0.1, 0.15) is 11.5 Å². The number of carbonyl (C=O) groups excluding carboxylic acids is 2. The number of amides is 1. The zero-order valence-corrected chi connectivity index (χ0v) is 16.4. The highest BCUT2D eigenvalue weighted by atomic mass is 16.6. The molecule has 1 fully saturated rings. The van der Waals surface area contributed by atoms with Gasteiger partial charge in [-0.05, 0) is 36.2 Å². The number of nitro benzene ring substituents is 1. The Bertz CT molecular complexity index is 1010. The van der Waals surface area contributed by atoms with E-state index < -0.39 is 28.4 Å². The van der Waals surface area contributed by atoms with Crippen molar-refractivity contribution in [2.45, 2.75) is 32.2 Å². The molecule has 0 saturated carbocycles. The van der Waals surface area contributed by atoms with Crippen LogP contribution in [0.15, 0.2) is 54.1 Å². The molecule has 1 atom stereocenters. The van der Waals surface area contributed by atoms with Gasteiger partial charge in [-0.3, -0.25) is 19.7 Å². The molecule has 1 saturated heterocycles. The van der Waals surface area contributed by atoms with Crippen molar-refractivity contribution in [2.75, 3.05) is 6.54 Å². The fraction of sp³-hybridized carbons (Fsp3) is 0.273. The number of non-ortho nitro benzene ring substituents is 1. The fourth-order valence-corrected chi connectivity index (χ4v) is 3.58. The minimum absolute atomic E-state index is 0.0259. The molecule has 0 spiro atoms. The molecule has 1 heterocycles. The van der Waals surface area contributed by atoms with Crippen molar-refractivity contribution in [3.05, 3.63) is 75.3 Å². The third-order valence-corrected chi connectivity index (χ3v) is 5.08. The molecule has 0 aromatic heterocycles. The van der Waals surface area contributed by atoms with Gasteiger partial charge in [0, 0.05) is 24.2 Å². The number of phenols is 1. The van der Waals surface area contributed by atoms with Crippen LogP contribution in [0.2, 0.25) is 0 Å². The SMILES string of the molecule is CCCCCN1C(=O)C(=O)/C(=C(\O)c2ccc([N+](=O)[O-])cc2)C1c1cccc(O)c1. The van der Waals surface area contributed by atoms with Crippen molar-refractivity contribution >= 4 is 23.1 Å². The number of aliphatic hydroxyl groups excluding tert-OH is 1. The third-order valence-electron chi connectivity index (χ3n) is 5.08. The average molecular weight is 410 g/mol. The summed E-state index contributed by atoms with van der Waals surface area (Å²) >= 11 is 0. The van der Waals surface area contributed by atoms with Crippen LogP contribution in [-0.4, -0.2) is 38.3 Å². The molecule has 156 valence electrons. The average Bonchev–Trinajstić information content (AvgIpc) is 2.98. The van der Waals surface area contributed by atoms with E-state index in [0.29, 0.717) is 18.5 Å². The van der Waals surface area contributed by atoms with E-state index in [0.717, 1.165) is 12.8 Å². The van der Waals surface area contributed by atoms with Crippen LogP contribution in [0, 0.1) is 10.1 Å². The molecule has 0 aliphatic carbocycles. The topological polar surface area (TPSA) is 121 Å². The number of hydrogen-bond donors (Lipinski definition) is 2. The highest BCUT2D eigenvalue weighted by Gasteiger charge is 2.45. The lowest BCUT2D eigenvalue weighted by Crippen LogP contribution is -2.30. The summed E-state index contributed by atoms with van der Waals surface area (Å²) in [6.07, 6.45) is 2.50. The van der Waals surface area contributed by atoms with Crippen LogP contribution in [-0.2, 0) is 9.59 Å². The number of rotatable bonds is 7. The lowest BCUT2D eigenvalue weighted by Gasteiger charge is -2.25. The minimum atomic E-state index is -0.857. The van der Waals surface area contributed by atoms with Crippen LogP contribution in [0.4, 0.5) is 5.69 Å². The van der Waals surface area contributed by atoms with Crippen LogP contribution in [0.25, 0.3) is 5.76 Å². The normalized spacial score (nSPS) is 18.0. The second kappa shape index (κ2) is 8.77. The number of nitrogens with zero attached hydrogens (tertiary/aromatic N) is 2. The Morgan fingerprint density at radius 2 is 1.83 bits per heavy atom. The molecule has 1 amide bonds. The van der Waals surface area contributed by atoms with Crippen molar-refractivity contribution in [3.63, 3.8) is 0 Å². The number of aromatic hydroxyl groups is 1. The van der Waals surface area contributed by atoms with Crippen molar-refractivity contribution in [1.82, 2.24) is 4.90 Å². The van der Waals surface area contributed by atoms with Crippen molar-refractivity contribution in [1.29, 1.82) is 0 Å². The number of nitro groups is 1. The predicted molar refractivity (Wildman–Crippen MR) is 110 cm³/mol. The summed E-state index contributed by atoms with van der Waals surface area (Å²) in [5.74, 6) is -1.98. The number of benzene rings is 2. The third kappa shape index (κ3) is 4.03. The molecule has 8 heteroatoms. The zero-order valence-electron chi connectivity index (χ0n) is 16.4. The summed E-state index contributed by atoms with van der Waals surface area (Å²) < 4.78 is 0. The summed E-state index contributed by atoms with van der Waals surface area (Å²) in [4.78, 5) is 37.3. The molecule has 3 rings (SSSR count). The standard InChI is InChI=1S/C22H22N2O6/c1-2-3-4-12-23-19(15-6-5-7-17(25)13-15)18(21(27)22(23)28)20(26)14-8-10-16(11-9-14)24(29)30/h5-11,13,19,25-26H,2-4,12H2,1H3/b20-18-. The Morgan fingerprint density at radius 1 is 1.13 bits per heavy atom. The van der Waals surface area contributed by atoms with Crippen molar-refractivity contribution in [2.24, 2.45) is 0 Å². The smallest absolute Gasteiger partial charge is 0.295 e. The van der Waals surface area contributed by atoms with Gasteiger partial charge in [-0.25, -0.2) is 0 Å². The highest BCUT2D eigenvalue weighted by molar-refractivity contribution is 6.46. The van der Waals surface area contributed by atoms with E-state index >= 15 is 0 Å². The molecular formula is C22H22N2O6. The molecule has 1 aliphatic rings. The van der Waals surface area contributed by atoms with Crippen LogP contribution < -0.4 is 0 Å². The van der Waals surface area contributed by atoms with Gasteiger partial charge in [0.2, 0.25) is 0 Å². The highest BCUT2D eigenvalue weighted by Crippen LogP contribution is 2.40. The van der Waals surface area contributed by atoms with Crippen molar-refractivity contribution < 1.29 is 24.7 Å². The van der Waals surface area contributed by atoms with Gasteiger partial charge in [0.05, 0.1) is 16.5 Å². The van der Waals surface area contributed by atoms with Gasteiger partial charge >= 0.3 is 0 Å². The number of unbranched alkanes of at least 4 members (excludes halogenated alkanes) is 2. The molecule has 0 bridgehead atoms. The summed E-state index contributed by atoms with van der Waals surface area (Å²) in [7, 11) is 0. The van der Waals surface area contributed by atoms with E-state index in [4.69, 9.17) is 0 Å². The van der Waals surface area contributed by atoms with E-state index in [1.54, 1.807) is 12.1 Å². The Balaban J connectivity index is 2.11. The van der Waals surface area contributed by atoms with Gasteiger partial charge < -0.3 is 15.1 Å². The second-order valence-electron chi connectivity index (χ2n) is 7.10. The Kier molecular flexibility index (Phi) is 6.15. The van der Waals surface area contributed by atoms with Gasteiger partial charge in [-0.15, -0.1) is 0 Å². The van der Waals surface area contributed by atoms with Gasteiger partial charge in [-0.2, -0.15) is 0 Å². The molecule has 1 unspecified atom stereocenters. The quantitative estimate of drug-likeness (QED) is 0.178. The van der Waals surface area contributed by atoms with Gasteiger partial charge in [0.15, 0.2) is 0 Å². The maximum atomic E-state index is 12.8. The molecule has 2 aromatic carbocycles. The summed E-state index contributed by atoms with van der Waals surface area (Å²) in [5.41, 5.74) is 0.429. The number of phenolic OH excluding ortho intramolecular Hbond substituents is 1. The first-order chi connectivity index (χ1) is 14.3. The molecule has 8 nitrogen and oxygen atoms in total. The largest absolute Gasteiger partial charge is 0.508 e. The summed E-state index contributed by atoms with van der Waals surface area (Å²) in [5, 5.41) is 31.6. The zero-order chi connectivity index (χ0) is 21.8. The predicted octanol–water partition coefficient (Wildman–Crippen LogP) is 3.91. The van der Waals surface area contributed by atoms with E-state index in [2.05, 4.69) is 0 Å². The second-order valence-corrected chi connectivity index (χ2v) is 7.10. The first-order valence-corrected chi connectivity index (χ1v) is 9.67. The number of Topliss-reactive ketones (excluding diaryl/α,β-unsaturated/α-hetero) is 1. The number of carbonyl (C=O) groups is 2. The van der Waals surface area contributed by atoms with Crippen LogP contribution in [0.3, 0.4) is 0 Å². The lowest BCUT2D eigenvalue weighted by atomic mass is 9.95. The fourth-order valence-electron chi connectivity index (χ4n) is 3.58. The first-order valence-electron chi connectivity index (χ1n) is 9.67. The lowest BCUT2D eigenvalue weighted by molar-refractivity contribution is -0.384. The van der Waals surface area contributed by atoms with E-state index in [-0.39, 0.29) is 22.6 Å². The maximum Gasteiger partial charge on any atom is 0.295 e. The number of ketones is 1. The maximum absolute atomic E-state index is 12.8. The van der Waals surface area contributed by atoms with Crippen LogP contribution >= 0.6 is 0 Å². The molecule has 2 N–H and O–H groups in total. The molecule has 1 aliphatic heterocycles. The monoisotopic (exact) mass is 410 g/mol. The number of likely N-dealkylation sites (tertiary alicyclic amines) is 1. The van der Waals surface area contributed by atoms with Crippen molar-refractivity contribution in [3.8, 4) is 5.75 Å². The number of aliphatic hydroxyl groups is 1. The Morgan fingerprint density at radius 3 is 2.43 bits per heavy atom. The summed E-state index contributed by atoms with van der Waals surface area (Å²) in [6, 6.07) is 10.4. The van der Waals surface area contributed by atoms with Gasteiger partial charge in [-0.1, -0.05) is 31.9 Å². The molecular weight excluding hydrogens is 388 g/mol. The molecule has 0 radical (unpaired) electrons.